The standard InChI is InChI=1S/C14H12O3/c15-10-4-3-8-1-2-9-5-11(16)7-13(17)14(9)12(8)6-10/h1-4,6-7,11,15-17H,5H2. The number of benzene rings is 2. The number of aromatic hydroxyl groups is 1. The molecular weight excluding hydrogens is 216 g/mol. The first-order chi connectivity index (χ1) is 8.15. The molecule has 1 aliphatic carbocycles. The van der Waals surface area contributed by atoms with Gasteiger partial charge < -0.3 is 15.3 Å². The van der Waals surface area contributed by atoms with Crippen LogP contribution in [-0.2, 0) is 6.42 Å². The van der Waals surface area contributed by atoms with Gasteiger partial charge in [0, 0.05) is 12.0 Å². The minimum Gasteiger partial charge on any atom is -0.508 e. The molecule has 2 aromatic carbocycles. The van der Waals surface area contributed by atoms with Gasteiger partial charge in [0.05, 0.1) is 6.10 Å². The Bertz CT molecular complexity index is 629. The van der Waals surface area contributed by atoms with Crippen molar-refractivity contribution in [3.8, 4) is 5.75 Å². The van der Waals surface area contributed by atoms with E-state index in [1.54, 1.807) is 12.1 Å². The lowest BCUT2D eigenvalue weighted by Gasteiger charge is -2.19. The molecule has 17 heavy (non-hydrogen) atoms. The van der Waals surface area contributed by atoms with E-state index < -0.39 is 6.10 Å². The van der Waals surface area contributed by atoms with Crippen LogP contribution in [0.4, 0.5) is 0 Å². The van der Waals surface area contributed by atoms with Crippen molar-refractivity contribution in [3.63, 3.8) is 0 Å². The lowest BCUT2D eigenvalue weighted by Crippen LogP contribution is -2.14. The molecule has 0 aromatic heterocycles. The van der Waals surface area contributed by atoms with E-state index in [2.05, 4.69) is 0 Å². The number of fused-ring (bicyclic) bond motifs is 3. The molecule has 0 radical (unpaired) electrons. The molecule has 0 fully saturated rings. The molecular formula is C14H12O3. The fraction of sp³-hybridized carbons (Fsp3) is 0.143. The van der Waals surface area contributed by atoms with Crippen molar-refractivity contribution < 1.29 is 15.3 Å². The van der Waals surface area contributed by atoms with E-state index in [9.17, 15) is 15.3 Å². The maximum Gasteiger partial charge on any atom is 0.122 e. The largest absolute Gasteiger partial charge is 0.508 e. The van der Waals surface area contributed by atoms with Gasteiger partial charge in [-0.25, -0.2) is 0 Å². The van der Waals surface area contributed by atoms with E-state index in [0.29, 0.717) is 12.0 Å². The second kappa shape index (κ2) is 3.50. The van der Waals surface area contributed by atoms with E-state index in [1.165, 1.54) is 6.08 Å². The van der Waals surface area contributed by atoms with Gasteiger partial charge in [-0.05, 0) is 34.5 Å². The third-order valence-corrected chi connectivity index (χ3v) is 3.13. The fourth-order valence-electron chi connectivity index (χ4n) is 2.38. The Hall–Kier alpha value is -2.00. The molecule has 3 N–H and O–H groups in total. The molecule has 86 valence electrons. The van der Waals surface area contributed by atoms with E-state index in [4.69, 9.17) is 0 Å². The molecule has 0 spiro atoms. The molecule has 1 unspecified atom stereocenters. The van der Waals surface area contributed by atoms with Gasteiger partial charge in [-0.3, -0.25) is 0 Å². The van der Waals surface area contributed by atoms with Crippen LogP contribution in [0, 0.1) is 0 Å². The topological polar surface area (TPSA) is 60.7 Å². The van der Waals surface area contributed by atoms with Crippen molar-refractivity contribution in [2.45, 2.75) is 12.5 Å². The van der Waals surface area contributed by atoms with Crippen LogP contribution in [0.2, 0.25) is 0 Å². The molecule has 0 saturated carbocycles. The zero-order valence-electron chi connectivity index (χ0n) is 9.09. The summed E-state index contributed by atoms with van der Waals surface area (Å²) in [6.07, 6.45) is 1.29. The molecule has 0 saturated heterocycles. The van der Waals surface area contributed by atoms with E-state index in [0.717, 1.165) is 16.3 Å². The van der Waals surface area contributed by atoms with E-state index >= 15 is 0 Å². The number of aliphatic hydroxyl groups excluding tert-OH is 2. The highest BCUT2D eigenvalue weighted by atomic mass is 16.3. The summed E-state index contributed by atoms with van der Waals surface area (Å²) in [5.41, 5.74) is 1.61. The summed E-state index contributed by atoms with van der Waals surface area (Å²) < 4.78 is 0. The first kappa shape index (κ1) is 10.2. The molecule has 0 aliphatic heterocycles. The summed E-state index contributed by atoms with van der Waals surface area (Å²) in [5, 5.41) is 30.8. The average Bonchev–Trinajstić information content (AvgIpc) is 2.27. The molecule has 1 aliphatic rings. The lowest BCUT2D eigenvalue weighted by atomic mass is 9.90. The van der Waals surface area contributed by atoms with Crippen LogP contribution >= 0.6 is 0 Å². The van der Waals surface area contributed by atoms with Crippen molar-refractivity contribution in [2.24, 2.45) is 0 Å². The average molecular weight is 228 g/mol. The second-order valence-electron chi connectivity index (χ2n) is 4.33. The summed E-state index contributed by atoms with van der Waals surface area (Å²) >= 11 is 0. The third-order valence-electron chi connectivity index (χ3n) is 3.13. The maximum atomic E-state index is 9.94. The number of phenols is 1. The zero-order valence-corrected chi connectivity index (χ0v) is 9.09. The monoisotopic (exact) mass is 228 g/mol. The molecule has 0 amide bonds. The zero-order chi connectivity index (χ0) is 12.0. The number of phenolic OH excluding ortho intramolecular Hbond substituents is 1. The highest BCUT2D eigenvalue weighted by Crippen LogP contribution is 2.33. The number of hydrogen-bond donors (Lipinski definition) is 3. The molecule has 2 aromatic rings. The van der Waals surface area contributed by atoms with Gasteiger partial charge in [-0.15, -0.1) is 0 Å². The van der Waals surface area contributed by atoms with Crippen molar-refractivity contribution in [1.29, 1.82) is 0 Å². The Kier molecular flexibility index (Phi) is 2.09. The Labute approximate surface area is 98.3 Å². The fourth-order valence-corrected chi connectivity index (χ4v) is 2.38. The van der Waals surface area contributed by atoms with Crippen LogP contribution in [0.1, 0.15) is 11.1 Å². The van der Waals surface area contributed by atoms with Crippen molar-refractivity contribution >= 4 is 16.5 Å². The summed E-state index contributed by atoms with van der Waals surface area (Å²) in [7, 11) is 0. The second-order valence-corrected chi connectivity index (χ2v) is 4.33. The molecule has 3 rings (SSSR count). The first-order valence-electron chi connectivity index (χ1n) is 5.49. The minimum atomic E-state index is -0.641. The van der Waals surface area contributed by atoms with Crippen molar-refractivity contribution in [1.82, 2.24) is 0 Å². The first-order valence-corrected chi connectivity index (χ1v) is 5.49. The Morgan fingerprint density at radius 3 is 2.65 bits per heavy atom. The van der Waals surface area contributed by atoms with Crippen LogP contribution < -0.4 is 0 Å². The summed E-state index contributed by atoms with van der Waals surface area (Å²) in [6, 6.07) is 8.90. The van der Waals surface area contributed by atoms with Crippen LogP contribution in [-0.4, -0.2) is 21.4 Å². The molecule has 0 bridgehead atoms. The highest BCUT2D eigenvalue weighted by Gasteiger charge is 2.19. The van der Waals surface area contributed by atoms with Crippen molar-refractivity contribution in [2.75, 3.05) is 0 Å². The number of hydrogen-bond acceptors (Lipinski definition) is 3. The molecule has 0 heterocycles. The van der Waals surface area contributed by atoms with Crippen LogP contribution in [0.3, 0.4) is 0 Å². The van der Waals surface area contributed by atoms with Crippen LogP contribution in [0.15, 0.2) is 36.4 Å². The van der Waals surface area contributed by atoms with Crippen molar-refractivity contribution in [3.05, 3.63) is 47.5 Å². The predicted molar refractivity (Wildman–Crippen MR) is 65.9 cm³/mol. The smallest absolute Gasteiger partial charge is 0.122 e. The third kappa shape index (κ3) is 1.56. The van der Waals surface area contributed by atoms with Gasteiger partial charge in [0.15, 0.2) is 0 Å². The summed E-state index contributed by atoms with van der Waals surface area (Å²) in [6.45, 7) is 0. The Morgan fingerprint density at radius 2 is 1.82 bits per heavy atom. The van der Waals surface area contributed by atoms with Gasteiger partial charge in [-0.1, -0.05) is 18.2 Å². The van der Waals surface area contributed by atoms with E-state index in [1.807, 2.05) is 18.2 Å². The highest BCUT2D eigenvalue weighted by molar-refractivity contribution is 5.95. The quantitative estimate of drug-likeness (QED) is 0.648. The van der Waals surface area contributed by atoms with Gasteiger partial charge >= 0.3 is 0 Å². The Morgan fingerprint density at radius 1 is 1.06 bits per heavy atom. The number of rotatable bonds is 0. The Balaban J connectivity index is 2.37. The normalized spacial score (nSPS) is 18.9. The van der Waals surface area contributed by atoms with E-state index in [-0.39, 0.29) is 11.5 Å². The predicted octanol–water partition coefficient (Wildman–Crippen LogP) is 2.36. The van der Waals surface area contributed by atoms with Crippen LogP contribution in [0.5, 0.6) is 5.75 Å². The van der Waals surface area contributed by atoms with Gasteiger partial charge in [0.25, 0.3) is 0 Å². The maximum absolute atomic E-state index is 9.94. The van der Waals surface area contributed by atoms with Gasteiger partial charge in [-0.2, -0.15) is 0 Å². The minimum absolute atomic E-state index is 0.0787. The molecule has 3 heteroatoms. The summed E-state index contributed by atoms with van der Waals surface area (Å²) in [4.78, 5) is 0. The van der Waals surface area contributed by atoms with Gasteiger partial charge in [0.1, 0.15) is 11.5 Å². The van der Waals surface area contributed by atoms with Crippen LogP contribution in [0.25, 0.3) is 16.5 Å². The van der Waals surface area contributed by atoms with Gasteiger partial charge in [0.2, 0.25) is 0 Å². The number of aliphatic hydroxyl groups is 2. The lowest BCUT2D eigenvalue weighted by molar-refractivity contribution is 0.219. The molecule has 3 nitrogen and oxygen atoms in total. The molecule has 1 atom stereocenters. The summed E-state index contributed by atoms with van der Waals surface area (Å²) in [5.74, 6) is 0.250. The SMILES string of the molecule is OC1=CC(O)Cc2ccc3ccc(O)cc3c21.